The van der Waals surface area contributed by atoms with Gasteiger partial charge in [0.2, 0.25) is 11.1 Å². The first-order chi connectivity index (χ1) is 20.5. The van der Waals surface area contributed by atoms with Crippen molar-refractivity contribution >= 4 is 35.3 Å². The van der Waals surface area contributed by atoms with E-state index in [1.165, 1.54) is 11.8 Å². The maximum Gasteiger partial charge on any atom is 0.338 e. The summed E-state index contributed by atoms with van der Waals surface area (Å²) < 4.78 is 19.4. The summed E-state index contributed by atoms with van der Waals surface area (Å²) in [4.78, 5) is 18.4. The molecule has 0 bridgehead atoms. The summed E-state index contributed by atoms with van der Waals surface area (Å²) in [5.74, 6) is 1.95. The Kier molecular flexibility index (Phi) is 9.71. The number of ether oxygens (including phenoxy) is 3. The summed E-state index contributed by atoms with van der Waals surface area (Å²) in [6, 6.07) is 22.4. The number of hydrogen-bond acceptors (Lipinski definition) is 8. The molecule has 3 aromatic carbocycles. The van der Waals surface area contributed by atoms with Crippen LogP contribution < -0.4 is 14.8 Å². The molecule has 218 valence electrons. The molecular formula is C32H33ClN4O4S. The summed E-state index contributed by atoms with van der Waals surface area (Å²) in [6.07, 6.45) is 0.873. The van der Waals surface area contributed by atoms with Crippen molar-refractivity contribution in [3.8, 4) is 11.5 Å². The SMILES string of the molecule is CCCOc1ccc(C2C(C(=O)OCc3ccccc3)=C(C)Nc3nc(SCc4ccccc4Cl)nn32)cc1OCC. The van der Waals surface area contributed by atoms with Gasteiger partial charge in [0.25, 0.3) is 0 Å². The van der Waals surface area contributed by atoms with Crippen LogP contribution in [0, 0.1) is 0 Å². The lowest BCUT2D eigenvalue weighted by atomic mass is 9.95. The lowest BCUT2D eigenvalue weighted by Crippen LogP contribution is -2.29. The molecule has 1 unspecified atom stereocenters. The molecule has 0 amide bonds. The number of esters is 1. The van der Waals surface area contributed by atoms with E-state index < -0.39 is 12.0 Å². The predicted octanol–water partition coefficient (Wildman–Crippen LogP) is 7.44. The number of aromatic nitrogens is 3. The molecule has 1 aliphatic rings. The minimum atomic E-state index is -0.605. The van der Waals surface area contributed by atoms with Crippen LogP contribution in [-0.4, -0.2) is 33.9 Å². The van der Waals surface area contributed by atoms with E-state index in [1.807, 2.05) is 86.6 Å². The molecule has 0 fully saturated rings. The third-order valence-corrected chi connectivity index (χ3v) is 7.88. The molecular weight excluding hydrogens is 572 g/mol. The van der Waals surface area contributed by atoms with Gasteiger partial charge in [-0.15, -0.1) is 5.10 Å². The Balaban J connectivity index is 1.50. The predicted molar refractivity (Wildman–Crippen MR) is 165 cm³/mol. The van der Waals surface area contributed by atoms with Crippen molar-refractivity contribution in [2.45, 2.75) is 50.8 Å². The van der Waals surface area contributed by atoms with Crippen molar-refractivity contribution in [1.29, 1.82) is 0 Å². The van der Waals surface area contributed by atoms with Gasteiger partial charge in [-0.05, 0) is 55.2 Å². The first-order valence-electron chi connectivity index (χ1n) is 13.9. The molecule has 4 aromatic rings. The maximum atomic E-state index is 13.7. The number of anilines is 1. The van der Waals surface area contributed by atoms with Crippen molar-refractivity contribution in [3.05, 3.63) is 106 Å². The standard InChI is InChI=1S/C32H33ClN4O4S/c1-4-17-40-26-16-15-23(18-27(26)39-5-2)29-28(30(38)41-19-22-11-7-6-8-12-22)21(3)34-31-35-32(36-37(29)31)42-20-24-13-9-10-14-25(24)33/h6-16,18,29H,4-5,17,19-20H2,1-3H3,(H,34,35,36). The molecule has 2 heterocycles. The number of carbonyl (C=O) groups is 1. The van der Waals surface area contributed by atoms with Gasteiger partial charge in [0.05, 0.1) is 18.8 Å². The Morgan fingerprint density at radius 1 is 1.02 bits per heavy atom. The number of allylic oxidation sites excluding steroid dienone is 1. The molecule has 10 heteroatoms. The largest absolute Gasteiger partial charge is 0.490 e. The Bertz CT molecular complexity index is 1570. The molecule has 1 aliphatic heterocycles. The van der Waals surface area contributed by atoms with Crippen LogP contribution >= 0.6 is 23.4 Å². The average molecular weight is 605 g/mol. The normalized spacial score (nSPS) is 14.2. The van der Waals surface area contributed by atoms with Crippen LogP contribution in [0.5, 0.6) is 11.5 Å². The molecule has 0 radical (unpaired) electrons. The fourth-order valence-corrected chi connectivity index (χ4v) is 5.73. The molecule has 0 spiro atoms. The molecule has 1 N–H and O–H groups in total. The van der Waals surface area contributed by atoms with Crippen molar-refractivity contribution < 1.29 is 19.0 Å². The summed E-state index contributed by atoms with van der Waals surface area (Å²) in [7, 11) is 0. The molecule has 42 heavy (non-hydrogen) atoms. The van der Waals surface area contributed by atoms with Gasteiger partial charge in [-0.25, -0.2) is 9.48 Å². The highest BCUT2D eigenvalue weighted by Gasteiger charge is 2.36. The lowest BCUT2D eigenvalue weighted by Gasteiger charge is -2.28. The summed E-state index contributed by atoms with van der Waals surface area (Å²) in [5.41, 5.74) is 3.77. The van der Waals surface area contributed by atoms with Gasteiger partial charge in [-0.2, -0.15) is 4.98 Å². The second-order valence-corrected chi connectivity index (χ2v) is 11.0. The van der Waals surface area contributed by atoms with Gasteiger partial charge < -0.3 is 19.5 Å². The van der Waals surface area contributed by atoms with Crippen molar-refractivity contribution in [2.75, 3.05) is 18.5 Å². The van der Waals surface area contributed by atoms with Gasteiger partial charge in [-0.3, -0.25) is 0 Å². The molecule has 0 saturated carbocycles. The number of fused-ring (bicyclic) bond motifs is 1. The third kappa shape index (κ3) is 6.74. The van der Waals surface area contributed by atoms with Crippen LogP contribution in [0.3, 0.4) is 0 Å². The zero-order valence-electron chi connectivity index (χ0n) is 23.8. The van der Waals surface area contributed by atoms with E-state index in [2.05, 4.69) is 12.2 Å². The second kappa shape index (κ2) is 13.8. The number of halogens is 1. The van der Waals surface area contributed by atoms with E-state index in [0.717, 1.165) is 23.1 Å². The van der Waals surface area contributed by atoms with Crippen LogP contribution in [0.4, 0.5) is 5.95 Å². The second-order valence-electron chi connectivity index (χ2n) is 9.66. The highest BCUT2D eigenvalue weighted by molar-refractivity contribution is 7.98. The van der Waals surface area contributed by atoms with Crippen LogP contribution in [-0.2, 0) is 21.9 Å². The van der Waals surface area contributed by atoms with Gasteiger partial charge in [0, 0.05) is 16.5 Å². The Morgan fingerprint density at radius 3 is 2.57 bits per heavy atom. The van der Waals surface area contributed by atoms with E-state index in [-0.39, 0.29) is 6.61 Å². The van der Waals surface area contributed by atoms with Crippen LogP contribution in [0.15, 0.2) is 89.2 Å². The highest BCUT2D eigenvalue weighted by Crippen LogP contribution is 2.40. The zero-order chi connectivity index (χ0) is 29.5. The first kappa shape index (κ1) is 29.5. The summed E-state index contributed by atoms with van der Waals surface area (Å²) >= 11 is 7.85. The number of carbonyl (C=O) groups excluding carboxylic acids is 1. The van der Waals surface area contributed by atoms with Gasteiger partial charge in [0.15, 0.2) is 11.5 Å². The van der Waals surface area contributed by atoms with Gasteiger partial charge in [-0.1, -0.05) is 84.9 Å². The number of nitrogens with zero attached hydrogens (tertiary/aromatic N) is 3. The number of thioether (sulfide) groups is 1. The minimum absolute atomic E-state index is 0.153. The molecule has 5 rings (SSSR count). The van der Waals surface area contributed by atoms with Crippen molar-refractivity contribution in [1.82, 2.24) is 14.8 Å². The van der Waals surface area contributed by atoms with E-state index in [0.29, 0.717) is 57.9 Å². The Morgan fingerprint density at radius 2 is 1.81 bits per heavy atom. The van der Waals surface area contributed by atoms with E-state index >= 15 is 0 Å². The topological polar surface area (TPSA) is 87.5 Å². The molecule has 0 aliphatic carbocycles. The molecule has 1 atom stereocenters. The molecule has 0 saturated heterocycles. The number of rotatable bonds is 12. The van der Waals surface area contributed by atoms with E-state index in [9.17, 15) is 4.79 Å². The van der Waals surface area contributed by atoms with Gasteiger partial charge in [0.1, 0.15) is 12.6 Å². The average Bonchev–Trinajstić information content (AvgIpc) is 3.41. The fraction of sp³-hybridized carbons (Fsp3) is 0.281. The Labute approximate surface area is 255 Å². The number of hydrogen-bond donors (Lipinski definition) is 1. The summed E-state index contributed by atoms with van der Waals surface area (Å²) in [5, 5.41) is 9.36. The first-order valence-corrected chi connectivity index (χ1v) is 15.3. The number of nitrogens with one attached hydrogen (secondary N) is 1. The lowest BCUT2D eigenvalue weighted by molar-refractivity contribution is -0.140. The van der Waals surface area contributed by atoms with Crippen molar-refractivity contribution in [3.63, 3.8) is 0 Å². The van der Waals surface area contributed by atoms with Crippen molar-refractivity contribution in [2.24, 2.45) is 0 Å². The van der Waals surface area contributed by atoms with Crippen LogP contribution in [0.2, 0.25) is 5.02 Å². The quantitative estimate of drug-likeness (QED) is 0.132. The zero-order valence-corrected chi connectivity index (χ0v) is 25.4. The minimum Gasteiger partial charge on any atom is -0.490 e. The fourth-order valence-electron chi connectivity index (χ4n) is 4.62. The Hall–Kier alpha value is -3.95. The molecule has 8 nitrogen and oxygen atoms in total. The van der Waals surface area contributed by atoms with E-state index in [1.54, 1.807) is 4.68 Å². The highest BCUT2D eigenvalue weighted by atomic mass is 35.5. The van der Waals surface area contributed by atoms with Crippen LogP contribution in [0.25, 0.3) is 0 Å². The number of benzene rings is 3. The third-order valence-electron chi connectivity index (χ3n) is 6.63. The molecule has 1 aromatic heterocycles. The monoisotopic (exact) mass is 604 g/mol. The van der Waals surface area contributed by atoms with Gasteiger partial charge >= 0.3 is 5.97 Å². The van der Waals surface area contributed by atoms with Crippen LogP contribution in [0.1, 0.15) is 49.9 Å². The maximum absolute atomic E-state index is 13.7. The summed E-state index contributed by atoms with van der Waals surface area (Å²) in [6.45, 7) is 7.02. The van der Waals surface area contributed by atoms with E-state index in [4.69, 9.17) is 35.9 Å². The smallest absolute Gasteiger partial charge is 0.338 e.